The van der Waals surface area contributed by atoms with Gasteiger partial charge in [0.05, 0.1) is 5.56 Å². The lowest BCUT2D eigenvalue weighted by Crippen LogP contribution is -2.32. The van der Waals surface area contributed by atoms with Crippen LogP contribution in [0.2, 0.25) is 5.02 Å². The minimum absolute atomic E-state index is 0.0132. The van der Waals surface area contributed by atoms with E-state index in [2.05, 4.69) is 10.6 Å². The van der Waals surface area contributed by atoms with E-state index in [1.165, 1.54) is 12.1 Å². The molecule has 0 spiro atoms. The van der Waals surface area contributed by atoms with Crippen LogP contribution in [0.4, 0.5) is 18.9 Å². The maximum Gasteiger partial charge on any atom is 0.418 e. The molecule has 0 heterocycles. The van der Waals surface area contributed by atoms with Crippen LogP contribution in [-0.2, 0) is 11.0 Å². The van der Waals surface area contributed by atoms with Gasteiger partial charge in [0.25, 0.3) is 0 Å². The quantitative estimate of drug-likeness (QED) is 0.804. The second-order valence-electron chi connectivity index (χ2n) is 5.02. The fourth-order valence-electron chi connectivity index (χ4n) is 1.72. The summed E-state index contributed by atoms with van der Waals surface area (Å²) < 4.78 is 38.6. The van der Waals surface area contributed by atoms with Crippen molar-refractivity contribution >= 4 is 23.2 Å². The van der Waals surface area contributed by atoms with E-state index in [1.807, 2.05) is 19.0 Å². The van der Waals surface area contributed by atoms with E-state index in [9.17, 15) is 18.0 Å². The Morgan fingerprint density at radius 2 is 1.95 bits per heavy atom. The van der Waals surface area contributed by atoms with Crippen molar-refractivity contribution in [2.75, 3.05) is 39.0 Å². The highest BCUT2D eigenvalue weighted by atomic mass is 35.5. The summed E-state index contributed by atoms with van der Waals surface area (Å²) in [6.45, 7) is 1.31. The Bertz CT molecular complexity index is 507. The molecular weight excluding hydrogens is 319 g/mol. The van der Waals surface area contributed by atoms with Crippen molar-refractivity contribution in [1.82, 2.24) is 10.2 Å². The molecular formula is C14H19ClF3N3O. The van der Waals surface area contributed by atoms with Gasteiger partial charge in [0, 0.05) is 36.8 Å². The summed E-state index contributed by atoms with van der Waals surface area (Å²) in [7, 11) is 3.76. The molecule has 0 aliphatic carbocycles. The van der Waals surface area contributed by atoms with Crippen LogP contribution >= 0.6 is 11.6 Å². The molecule has 0 aromatic heterocycles. The number of alkyl halides is 3. The van der Waals surface area contributed by atoms with Crippen LogP contribution in [0.3, 0.4) is 0 Å². The molecule has 0 unspecified atom stereocenters. The SMILES string of the molecule is CN(C)CCNC(=O)CCNc1ccc(Cl)cc1C(F)(F)F. The molecule has 4 nitrogen and oxygen atoms in total. The second kappa shape index (κ2) is 8.24. The molecule has 1 rings (SSSR count). The summed E-state index contributed by atoms with van der Waals surface area (Å²) in [5.74, 6) is -0.211. The summed E-state index contributed by atoms with van der Waals surface area (Å²) in [4.78, 5) is 13.5. The minimum atomic E-state index is -4.50. The highest BCUT2D eigenvalue weighted by Crippen LogP contribution is 2.36. The zero-order chi connectivity index (χ0) is 16.8. The highest BCUT2D eigenvalue weighted by Gasteiger charge is 2.33. The predicted octanol–water partition coefficient (Wildman–Crippen LogP) is 2.84. The van der Waals surface area contributed by atoms with Crippen molar-refractivity contribution in [2.24, 2.45) is 0 Å². The number of anilines is 1. The standard InChI is InChI=1S/C14H19ClF3N3O/c1-21(2)8-7-20-13(22)5-6-19-12-4-3-10(15)9-11(12)14(16,17)18/h3-4,9,19H,5-8H2,1-2H3,(H,20,22). The Labute approximate surface area is 132 Å². The first-order chi connectivity index (χ1) is 10.2. The van der Waals surface area contributed by atoms with E-state index in [-0.39, 0.29) is 29.6 Å². The van der Waals surface area contributed by atoms with E-state index < -0.39 is 11.7 Å². The molecule has 0 bridgehead atoms. The number of hydrogen-bond acceptors (Lipinski definition) is 3. The maximum absolute atomic E-state index is 12.9. The lowest BCUT2D eigenvalue weighted by Gasteiger charge is -2.15. The van der Waals surface area contributed by atoms with Crippen LogP contribution in [-0.4, -0.2) is 44.5 Å². The van der Waals surface area contributed by atoms with E-state index in [0.717, 1.165) is 6.07 Å². The third-order valence-corrected chi connectivity index (χ3v) is 3.07. The van der Waals surface area contributed by atoms with Gasteiger partial charge in [-0.05, 0) is 32.3 Å². The number of likely N-dealkylation sites (N-methyl/N-ethyl adjacent to an activating group) is 1. The molecule has 0 fully saturated rings. The molecule has 1 amide bonds. The van der Waals surface area contributed by atoms with E-state index >= 15 is 0 Å². The molecule has 0 atom stereocenters. The number of nitrogens with one attached hydrogen (secondary N) is 2. The van der Waals surface area contributed by atoms with E-state index in [0.29, 0.717) is 13.1 Å². The normalized spacial score (nSPS) is 11.6. The van der Waals surface area contributed by atoms with E-state index in [4.69, 9.17) is 11.6 Å². The molecule has 0 aliphatic heterocycles. The van der Waals surface area contributed by atoms with Gasteiger partial charge >= 0.3 is 6.18 Å². The largest absolute Gasteiger partial charge is 0.418 e. The van der Waals surface area contributed by atoms with Crippen LogP contribution < -0.4 is 10.6 Å². The first kappa shape index (κ1) is 18.6. The Balaban J connectivity index is 2.50. The van der Waals surface area contributed by atoms with Crippen LogP contribution in [0.25, 0.3) is 0 Å². The molecule has 0 aliphatic rings. The third kappa shape index (κ3) is 6.53. The average Bonchev–Trinajstić information content (AvgIpc) is 2.39. The third-order valence-electron chi connectivity index (χ3n) is 2.84. The number of carbonyl (C=O) groups excluding carboxylic acids is 1. The van der Waals surface area contributed by atoms with Gasteiger partial charge in [-0.1, -0.05) is 11.6 Å². The van der Waals surface area contributed by atoms with Crippen LogP contribution in [0.15, 0.2) is 18.2 Å². The minimum Gasteiger partial charge on any atom is -0.384 e. The maximum atomic E-state index is 12.9. The van der Waals surface area contributed by atoms with Crippen molar-refractivity contribution in [2.45, 2.75) is 12.6 Å². The molecule has 0 saturated heterocycles. The molecule has 0 radical (unpaired) electrons. The summed E-state index contributed by atoms with van der Waals surface area (Å²) in [6.07, 6.45) is -4.41. The van der Waals surface area contributed by atoms with Gasteiger partial charge in [0.1, 0.15) is 0 Å². The summed E-state index contributed by atoms with van der Waals surface area (Å²) >= 11 is 5.59. The number of rotatable bonds is 7. The first-order valence-corrected chi connectivity index (χ1v) is 7.10. The fraction of sp³-hybridized carbons (Fsp3) is 0.500. The predicted molar refractivity (Wildman–Crippen MR) is 81.1 cm³/mol. The van der Waals surface area contributed by atoms with Crippen LogP contribution in [0.5, 0.6) is 0 Å². The molecule has 1 aromatic rings. The average molecular weight is 338 g/mol. The summed E-state index contributed by atoms with van der Waals surface area (Å²) in [5, 5.41) is 5.33. The lowest BCUT2D eigenvalue weighted by atomic mass is 10.1. The zero-order valence-electron chi connectivity index (χ0n) is 12.4. The van der Waals surface area contributed by atoms with Gasteiger partial charge in [-0.25, -0.2) is 0 Å². The highest BCUT2D eigenvalue weighted by molar-refractivity contribution is 6.30. The van der Waals surface area contributed by atoms with Gasteiger partial charge in [-0.2, -0.15) is 13.2 Å². The second-order valence-corrected chi connectivity index (χ2v) is 5.45. The van der Waals surface area contributed by atoms with Crippen molar-refractivity contribution < 1.29 is 18.0 Å². The number of hydrogen-bond donors (Lipinski definition) is 2. The Morgan fingerprint density at radius 3 is 2.55 bits per heavy atom. The molecule has 124 valence electrons. The molecule has 0 saturated carbocycles. The number of amides is 1. The Hall–Kier alpha value is -1.47. The molecule has 8 heteroatoms. The monoisotopic (exact) mass is 337 g/mol. The van der Waals surface area contributed by atoms with Crippen LogP contribution in [0, 0.1) is 0 Å². The number of halogens is 4. The number of benzene rings is 1. The Morgan fingerprint density at radius 1 is 1.27 bits per heavy atom. The van der Waals surface area contributed by atoms with Crippen LogP contribution in [0.1, 0.15) is 12.0 Å². The van der Waals surface area contributed by atoms with Gasteiger partial charge < -0.3 is 15.5 Å². The first-order valence-electron chi connectivity index (χ1n) is 6.72. The van der Waals surface area contributed by atoms with Gasteiger partial charge in [-0.3, -0.25) is 4.79 Å². The molecule has 22 heavy (non-hydrogen) atoms. The fourth-order valence-corrected chi connectivity index (χ4v) is 1.90. The topological polar surface area (TPSA) is 44.4 Å². The molecule has 1 aromatic carbocycles. The smallest absolute Gasteiger partial charge is 0.384 e. The van der Waals surface area contributed by atoms with Crippen molar-refractivity contribution in [3.63, 3.8) is 0 Å². The summed E-state index contributed by atoms with van der Waals surface area (Å²) in [6, 6.07) is 3.49. The zero-order valence-corrected chi connectivity index (χ0v) is 13.2. The lowest BCUT2D eigenvalue weighted by molar-refractivity contribution is -0.137. The van der Waals surface area contributed by atoms with Crippen molar-refractivity contribution in [1.29, 1.82) is 0 Å². The Kier molecular flexibility index (Phi) is 6.96. The van der Waals surface area contributed by atoms with Gasteiger partial charge in [0.2, 0.25) is 5.91 Å². The van der Waals surface area contributed by atoms with Gasteiger partial charge in [-0.15, -0.1) is 0 Å². The number of nitrogens with zero attached hydrogens (tertiary/aromatic N) is 1. The van der Waals surface area contributed by atoms with E-state index in [1.54, 1.807) is 0 Å². The van der Waals surface area contributed by atoms with Crippen molar-refractivity contribution in [3.8, 4) is 0 Å². The summed E-state index contributed by atoms with van der Waals surface area (Å²) in [5.41, 5.74) is -0.925. The number of carbonyl (C=O) groups is 1. The van der Waals surface area contributed by atoms with Gasteiger partial charge in [0.15, 0.2) is 0 Å². The molecule has 2 N–H and O–H groups in total. The van der Waals surface area contributed by atoms with Crippen molar-refractivity contribution in [3.05, 3.63) is 28.8 Å².